The highest BCUT2D eigenvalue weighted by Gasteiger charge is 2.25. The van der Waals surface area contributed by atoms with E-state index >= 15 is 0 Å². The second kappa shape index (κ2) is 9.07. The van der Waals surface area contributed by atoms with Gasteiger partial charge in [-0.15, -0.1) is 0 Å². The summed E-state index contributed by atoms with van der Waals surface area (Å²) < 4.78 is 0. The molecule has 0 aliphatic carbocycles. The van der Waals surface area contributed by atoms with Gasteiger partial charge in [0.2, 0.25) is 0 Å². The van der Waals surface area contributed by atoms with Crippen molar-refractivity contribution >= 4 is 5.69 Å². The largest absolute Gasteiger partial charge is 0.386 e. The molecule has 0 aliphatic heterocycles. The lowest BCUT2D eigenvalue weighted by atomic mass is 9.90. The molecule has 0 radical (unpaired) electrons. The second-order valence-electron chi connectivity index (χ2n) is 8.01. The highest BCUT2D eigenvalue weighted by atomic mass is 16.3. The Kier molecular flexibility index (Phi) is 6.53. The molecule has 0 heterocycles. The van der Waals surface area contributed by atoms with Crippen LogP contribution in [0, 0.1) is 0 Å². The second-order valence-corrected chi connectivity index (χ2v) is 8.01. The first-order valence-corrected chi connectivity index (χ1v) is 10.2. The van der Waals surface area contributed by atoms with E-state index in [9.17, 15) is 5.11 Å². The summed E-state index contributed by atoms with van der Waals surface area (Å²) in [5.74, 6) is 0.790. The van der Waals surface area contributed by atoms with Gasteiger partial charge in [-0.25, -0.2) is 0 Å². The van der Waals surface area contributed by atoms with Crippen LogP contribution >= 0.6 is 0 Å². The van der Waals surface area contributed by atoms with Crippen molar-refractivity contribution < 1.29 is 5.11 Å². The fourth-order valence-corrected chi connectivity index (χ4v) is 3.72. The molecule has 0 spiro atoms. The van der Waals surface area contributed by atoms with Gasteiger partial charge in [0.1, 0.15) is 6.10 Å². The molecule has 2 N–H and O–H groups in total. The van der Waals surface area contributed by atoms with Crippen LogP contribution in [0.25, 0.3) is 0 Å². The third-order valence-corrected chi connectivity index (χ3v) is 5.29. The van der Waals surface area contributed by atoms with E-state index < -0.39 is 6.10 Å². The first-order chi connectivity index (χ1) is 13.5. The van der Waals surface area contributed by atoms with Crippen molar-refractivity contribution in [1.82, 2.24) is 0 Å². The molecule has 3 rings (SSSR count). The number of rotatable bonds is 7. The molecular weight excluding hydrogens is 342 g/mol. The summed E-state index contributed by atoms with van der Waals surface area (Å²) in [6.45, 7) is 8.87. The molecule has 0 saturated carbocycles. The molecule has 3 aromatic carbocycles. The normalized spacial score (nSPS) is 13.5. The van der Waals surface area contributed by atoms with Gasteiger partial charge < -0.3 is 10.4 Å². The number of para-hydroxylation sites is 1. The molecule has 146 valence electrons. The van der Waals surface area contributed by atoms with Crippen LogP contribution in [-0.4, -0.2) is 5.11 Å². The molecule has 0 aromatic heterocycles. The van der Waals surface area contributed by atoms with Crippen molar-refractivity contribution in [2.75, 3.05) is 5.32 Å². The van der Waals surface area contributed by atoms with E-state index in [1.165, 1.54) is 11.1 Å². The topological polar surface area (TPSA) is 32.3 Å². The van der Waals surface area contributed by atoms with Gasteiger partial charge >= 0.3 is 0 Å². The van der Waals surface area contributed by atoms with Crippen LogP contribution in [0.5, 0.6) is 0 Å². The zero-order valence-corrected chi connectivity index (χ0v) is 17.3. The average Bonchev–Trinajstić information content (AvgIpc) is 2.72. The Labute approximate surface area is 169 Å². The van der Waals surface area contributed by atoms with Gasteiger partial charge in [-0.05, 0) is 34.1 Å². The smallest absolute Gasteiger partial charge is 0.103 e. The molecule has 2 nitrogen and oxygen atoms in total. The van der Waals surface area contributed by atoms with Crippen LogP contribution in [0.1, 0.15) is 73.9 Å². The summed E-state index contributed by atoms with van der Waals surface area (Å²) >= 11 is 0. The molecular formula is C26H31NO. The van der Waals surface area contributed by atoms with Crippen LogP contribution in [0.2, 0.25) is 0 Å². The summed E-state index contributed by atoms with van der Waals surface area (Å²) in [6, 6.07) is 26.4. The number of aliphatic hydroxyl groups is 1. The first-order valence-electron chi connectivity index (χ1n) is 10.2. The Morgan fingerprint density at radius 1 is 0.607 bits per heavy atom. The Morgan fingerprint density at radius 2 is 1.07 bits per heavy atom. The summed E-state index contributed by atoms with van der Waals surface area (Å²) in [5.41, 5.74) is 5.71. The minimum absolute atomic E-state index is 0.235. The predicted molar refractivity (Wildman–Crippen MR) is 119 cm³/mol. The first kappa shape index (κ1) is 20.2. The van der Waals surface area contributed by atoms with Crippen molar-refractivity contribution in [2.45, 2.75) is 51.7 Å². The van der Waals surface area contributed by atoms with E-state index in [2.05, 4.69) is 63.3 Å². The molecule has 0 saturated heterocycles. The van der Waals surface area contributed by atoms with Crippen LogP contribution < -0.4 is 5.32 Å². The van der Waals surface area contributed by atoms with E-state index in [-0.39, 0.29) is 6.04 Å². The molecule has 0 amide bonds. The molecule has 3 aromatic rings. The van der Waals surface area contributed by atoms with E-state index in [0.29, 0.717) is 11.8 Å². The number of aliphatic hydroxyl groups excluding tert-OH is 1. The summed E-state index contributed by atoms with van der Waals surface area (Å²) in [5, 5.41) is 15.0. The van der Waals surface area contributed by atoms with Crippen LogP contribution in [0.3, 0.4) is 0 Å². The maximum Gasteiger partial charge on any atom is 0.103 e. The van der Waals surface area contributed by atoms with Gasteiger partial charge in [-0.3, -0.25) is 0 Å². The molecule has 0 unspecified atom stereocenters. The van der Waals surface area contributed by atoms with Gasteiger partial charge in [0.15, 0.2) is 0 Å². The highest BCUT2D eigenvalue weighted by Crippen LogP contribution is 2.38. The van der Waals surface area contributed by atoms with E-state index in [4.69, 9.17) is 0 Å². The quantitative estimate of drug-likeness (QED) is 0.476. The minimum Gasteiger partial charge on any atom is -0.386 e. The third-order valence-electron chi connectivity index (χ3n) is 5.29. The van der Waals surface area contributed by atoms with Crippen molar-refractivity contribution in [3.63, 3.8) is 0 Å². The lowest BCUT2D eigenvalue weighted by Gasteiger charge is -2.30. The number of benzene rings is 3. The van der Waals surface area contributed by atoms with Crippen molar-refractivity contribution in [2.24, 2.45) is 0 Å². The fourth-order valence-electron chi connectivity index (χ4n) is 3.72. The van der Waals surface area contributed by atoms with Gasteiger partial charge in [0.25, 0.3) is 0 Å². The van der Waals surface area contributed by atoms with E-state index in [1.807, 2.05) is 48.5 Å². The monoisotopic (exact) mass is 373 g/mol. The van der Waals surface area contributed by atoms with Crippen LogP contribution in [0.4, 0.5) is 5.69 Å². The SMILES string of the molecule is CC(C)c1cccc(C(C)C)c1N[C@H](c1ccccc1)[C@H](O)c1ccccc1. The minimum atomic E-state index is -0.649. The lowest BCUT2D eigenvalue weighted by molar-refractivity contribution is 0.155. The summed E-state index contributed by atoms with van der Waals surface area (Å²) in [4.78, 5) is 0. The Bertz CT molecular complexity index is 845. The number of nitrogens with one attached hydrogen (secondary N) is 1. The Balaban J connectivity index is 2.08. The molecule has 0 fully saturated rings. The zero-order valence-electron chi connectivity index (χ0n) is 17.3. The molecule has 2 heteroatoms. The maximum absolute atomic E-state index is 11.3. The Hall–Kier alpha value is -2.58. The van der Waals surface area contributed by atoms with Crippen molar-refractivity contribution in [1.29, 1.82) is 0 Å². The number of hydrogen-bond acceptors (Lipinski definition) is 2. The third kappa shape index (κ3) is 4.45. The molecule has 0 bridgehead atoms. The van der Waals surface area contributed by atoms with Gasteiger partial charge in [-0.1, -0.05) is 107 Å². The van der Waals surface area contributed by atoms with Gasteiger partial charge in [0, 0.05) is 5.69 Å². The van der Waals surface area contributed by atoms with E-state index in [0.717, 1.165) is 16.8 Å². The Morgan fingerprint density at radius 3 is 1.54 bits per heavy atom. The predicted octanol–water partition coefficient (Wildman–Crippen LogP) is 6.82. The summed E-state index contributed by atoms with van der Waals surface area (Å²) in [6.07, 6.45) is -0.649. The van der Waals surface area contributed by atoms with E-state index in [1.54, 1.807) is 0 Å². The number of hydrogen-bond donors (Lipinski definition) is 2. The lowest BCUT2D eigenvalue weighted by Crippen LogP contribution is -2.21. The maximum atomic E-state index is 11.3. The average molecular weight is 374 g/mol. The zero-order chi connectivity index (χ0) is 20.1. The standard InChI is InChI=1S/C26H31NO/c1-18(2)22-16-11-17-23(19(3)4)25(22)27-24(20-12-7-5-8-13-20)26(28)21-14-9-6-10-15-21/h5-19,24,26-28H,1-4H3/t24-,26-/m1/s1. The van der Waals surface area contributed by atoms with Crippen molar-refractivity contribution in [3.05, 3.63) is 101 Å². The molecule has 0 aliphatic rings. The van der Waals surface area contributed by atoms with Crippen LogP contribution in [0.15, 0.2) is 78.9 Å². The fraction of sp³-hybridized carbons (Fsp3) is 0.308. The number of anilines is 1. The summed E-state index contributed by atoms with van der Waals surface area (Å²) in [7, 11) is 0. The van der Waals surface area contributed by atoms with Crippen molar-refractivity contribution in [3.8, 4) is 0 Å². The van der Waals surface area contributed by atoms with Gasteiger partial charge in [0.05, 0.1) is 6.04 Å². The van der Waals surface area contributed by atoms with Gasteiger partial charge in [-0.2, -0.15) is 0 Å². The molecule has 28 heavy (non-hydrogen) atoms. The highest BCUT2D eigenvalue weighted by molar-refractivity contribution is 5.61. The molecule has 2 atom stereocenters. The van der Waals surface area contributed by atoms with Crippen LogP contribution in [-0.2, 0) is 0 Å².